The quantitative estimate of drug-likeness (QED) is 0.528. The normalized spacial score (nSPS) is 11.8. The van der Waals surface area contributed by atoms with E-state index in [1.165, 1.54) is 5.56 Å². The number of hydrogen-bond acceptors (Lipinski definition) is 5. The third-order valence-electron chi connectivity index (χ3n) is 4.66. The number of likely N-dealkylation sites (N-methyl/N-ethyl adjacent to an activating group) is 1. The number of fused-ring (bicyclic) bond motifs is 1. The minimum Gasteiger partial charge on any atom is -0.369 e. The summed E-state index contributed by atoms with van der Waals surface area (Å²) in [7, 11) is 6.29. The average Bonchev–Trinajstić information content (AvgIpc) is 2.71. The van der Waals surface area contributed by atoms with Crippen LogP contribution in [-0.2, 0) is 6.54 Å². The van der Waals surface area contributed by atoms with E-state index in [0.717, 1.165) is 48.6 Å². The van der Waals surface area contributed by atoms with Gasteiger partial charge in [-0.05, 0) is 51.8 Å². The highest BCUT2D eigenvalue weighted by atomic mass is 15.1. The molecule has 0 unspecified atom stereocenters. The standard InChI is InChI=1S/C24H31N5/c1-28(2)17-10-16-25-24-21-14-7-8-15-22(21)26-23(27-24)19-29(3)18-9-13-20-11-5-4-6-12-20/h4-9,11-15H,10,16-19H2,1-3H3,(H,25,26,27)/b13-9+. The lowest BCUT2D eigenvalue weighted by Crippen LogP contribution is -2.20. The van der Waals surface area contributed by atoms with Crippen LogP contribution in [0.5, 0.6) is 0 Å². The van der Waals surface area contributed by atoms with Crippen molar-refractivity contribution >= 4 is 22.8 Å². The maximum atomic E-state index is 4.82. The molecule has 29 heavy (non-hydrogen) atoms. The second kappa shape index (κ2) is 10.7. The number of rotatable bonds is 10. The summed E-state index contributed by atoms with van der Waals surface area (Å²) < 4.78 is 0. The molecular weight excluding hydrogens is 358 g/mol. The van der Waals surface area contributed by atoms with Gasteiger partial charge in [0.05, 0.1) is 12.1 Å². The topological polar surface area (TPSA) is 44.3 Å². The first kappa shape index (κ1) is 21.0. The first-order valence-corrected chi connectivity index (χ1v) is 10.2. The summed E-state index contributed by atoms with van der Waals surface area (Å²) in [6.45, 7) is 3.50. The molecule has 152 valence electrons. The van der Waals surface area contributed by atoms with Crippen LogP contribution in [0.3, 0.4) is 0 Å². The van der Waals surface area contributed by atoms with E-state index in [0.29, 0.717) is 6.54 Å². The zero-order valence-electron chi connectivity index (χ0n) is 17.7. The molecule has 5 heteroatoms. The van der Waals surface area contributed by atoms with Crippen LogP contribution < -0.4 is 5.32 Å². The Labute approximate surface area is 174 Å². The molecule has 1 N–H and O–H groups in total. The number of nitrogens with one attached hydrogen (secondary N) is 1. The maximum absolute atomic E-state index is 4.82. The molecule has 0 amide bonds. The molecule has 0 saturated heterocycles. The van der Waals surface area contributed by atoms with Gasteiger partial charge in [-0.3, -0.25) is 4.90 Å². The Kier molecular flexibility index (Phi) is 7.73. The van der Waals surface area contributed by atoms with Gasteiger partial charge in [-0.15, -0.1) is 0 Å². The van der Waals surface area contributed by atoms with Crippen molar-refractivity contribution in [3.63, 3.8) is 0 Å². The average molecular weight is 390 g/mol. The van der Waals surface area contributed by atoms with Crippen LogP contribution in [0, 0.1) is 0 Å². The number of benzene rings is 2. The van der Waals surface area contributed by atoms with Crippen molar-refractivity contribution in [2.24, 2.45) is 0 Å². The largest absolute Gasteiger partial charge is 0.369 e. The molecule has 3 rings (SSSR count). The Hall–Kier alpha value is -2.76. The van der Waals surface area contributed by atoms with Crippen LogP contribution in [0.4, 0.5) is 5.82 Å². The highest BCUT2D eigenvalue weighted by Crippen LogP contribution is 2.20. The van der Waals surface area contributed by atoms with E-state index >= 15 is 0 Å². The highest BCUT2D eigenvalue weighted by Gasteiger charge is 2.09. The third-order valence-corrected chi connectivity index (χ3v) is 4.66. The SMILES string of the molecule is CN(C)CCCNc1nc(CN(C)C/C=C/c2ccccc2)nc2ccccc12. The lowest BCUT2D eigenvalue weighted by molar-refractivity contribution is 0.354. The number of anilines is 1. The number of hydrogen-bond donors (Lipinski definition) is 1. The lowest BCUT2D eigenvalue weighted by Gasteiger charge is -2.16. The molecule has 2 aromatic carbocycles. The van der Waals surface area contributed by atoms with E-state index in [4.69, 9.17) is 9.97 Å². The van der Waals surface area contributed by atoms with Crippen LogP contribution in [0.25, 0.3) is 17.0 Å². The molecule has 5 nitrogen and oxygen atoms in total. The van der Waals surface area contributed by atoms with Crippen molar-refractivity contribution in [1.29, 1.82) is 0 Å². The van der Waals surface area contributed by atoms with Crippen molar-refractivity contribution in [3.8, 4) is 0 Å². The van der Waals surface area contributed by atoms with E-state index in [1.54, 1.807) is 0 Å². The van der Waals surface area contributed by atoms with E-state index < -0.39 is 0 Å². The molecule has 0 aliphatic carbocycles. The Morgan fingerprint density at radius 2 is 1.69 bits per heavy atom. The van der Waals surface area contributed by atoms with Gasteiger partial charge >= 0.3 is 0 Å². The van der Waals surface area contributed by atoms with Gasteiger partial charge in [-0.2, -0.15) is 0 Å². The fraction of sp³-hybridized carbons (Fsp3) is 0.333. The van der Waals surface area contributed by atoms with Crippen LogP contribution in [0.15, 0.2) is 60.7 Å². The van der Waals surface area contributed by atoms with Crippen molar-refractivity contribution in [1.82, 2.24) is 19.8 Å². The summed E-state index contributed by atoms with van der Waals surface area (Å²) in [5.74, 6) is 1.77. The summed E-state index contributed by atoms with van der Waals surface area (Å²) in [5.41, 5.74) is 2.20. The zero-order valence-corrected chi connectivity index (χ0v) is 17.7. The second-order valence-electron chi connectivity index (χ2n) is 7.60. The molecule has 1 heterocycles. The van der Waals surface area contributed by atoms with Crippen LogP contribution in [0.1, 0.15) is 17.8 Å². The van der Waals surface area contributed by atoms with Gasteiger partial charge in [0.15, 0.2) is 0 Å². The molecule has 0 saturated carbocycles. The predicted molar refractivity (Wildman–Crippen MR) is 123 cm³/mol. The third kappa shape index (κ3) is 6.66. The Balaban J connectivity index is 1.65. The summed E-state index contributed by atoms with van der Waals surface area (Å²) in [6, 6.07) is 18.6. The highest BCUT2D eigenvalue weighted by molar-refractivity contribution is 5.88. The predicted octanol–water partition coefficient (Wildman–Crippen LogP) is 4.14. The van der Waals surface area contributed by atoms with Crippen molar-refractivity contribution in [2.75, 3.05) is 46.1 Å². The molecule has 0 aliphatic rings. The molecule has 0 radical (unpaired) electrons. The van der Waals surface area contributed by atoms with E-state index in [9.17, 15) is 0 Å². The van der Waals surface area contributed by atoms with Crippen LogP contribution >= 0.6 is 0 Å². The molecule has 0 atom stereocenters. The Morgan fingerprint density at radius 3 is 2.48 bits per heavy atom. The fourth-order valence-corrected chi connectivity index (χ4v) is 3.17. The first-order valence-electron chi connectivity index (χ1n) is 10.2. The van der Waals surface area contributed by atoms with E-state index in [2.05, 4.69) is 84.8 Å². The summed E-state index contributed by atoms with van der Waals surface area (Å²) in [5, 5.41) is 4.59. The summed E-state index contributed by atoms with van der Waals surface area (Å²) in [6.07, 6.45) is 5.40. The Bertz CT molecular complexity index is 921. The van der Waals surface area contributed by atoms with Crippen LogP contribution in [0.2, 0.25) is 0 Å². The van der Waals surface area contributed by atoms with E-state index in [-0.39, 0.29) is 0 Å². The van der Waals surface area contributed by atoms with Crippen molar-refractivity contribution in [3.05, 3.63) is 72.1 Å². The Morgan fingerprint density at radius 1 is 0.931 bits per heavy atom. The van der Waals surface area contributed by atoms with Gasteiger partial charge in [-0.25, -0.2) is 9.97 Å². The molecule has 0 fully saturated rings. The lowest BCUT2D eigenvalue weighted by atomic mass is 10.2. The summed E-state index contributed by atoms with van der Waals surface area (Å²) in [4.78, 5) is 14.0. The maximum Gasteiger partial charge on any atom is 0.145 e. The molecule has 1 aromatic heterocycles. The molecule has 0 spiro atoms. The smallest absolute Gasteiger partial charge is 0.145 e. The van der Waals surface area contributed by atoms with E-state index in [1.807, 2.05) is 18.2 Å². The molecule has 0 bridgehead atoms. The minimum atomic E-state index is 0.705. The van der Waals surface area contributed by atoms with Gasteiger partial charge < -0.3 is 10.2 Å². The van der Waals surface area contributed by atoms with Crippen molar-refractivity contribution in [2.45, 2.75) is 13.0 Å². The van der Waals surface area contributed by atoms with Gasteiger partial charge in [0.2, 0.25) is 0 Å². The number of para-hydroxylation sites is 1. The van der Waals surface area contributed by atoms with Gasteiger partial charge in [-0.1, -0.05) is 54.6 Å². The van der Waals surface area contributed by atoms with Gasteiger partial charge in [0.25, 0.3) is 0 Å². The fourth-order valence-electron chi connectivity index (χ4n) is 3.17. The zero-order chi connectivity index (χ0) is 20.5. The number of nitrogens with zero attached hydrogens (tertiary/aromatic N) is 4. The monoisotopic (exact) mass is 389 g/mol. The van der Waals surface area contributed by atoms with Gasteiger partial charge in [0, 0.05) is 18.5 Å². The molecule has 3 aromatic rings. The second-order valence-corrected chi connectivity index (χ2v) is 7.60. The molecular formula is C24H31N5. The van der Waals surface area contributed by atoms with Crippen LogP contribution in [-0.4, -0.2) is 60.5 Å². The van der Waals surface area contributed by atoms with Crippen molar-refractivity contribution < 1.29 is 0 Å². The van der Waals surface area contributed by atoms with Gasteiger partial charge in [0.1, 0.15) is 11.6 Å². The summed E-state index contributed by atoms with van der Waals surface area (Å²) >= 11 is 0. The molecule has 0 aliphatic heterocycles. The minimum absolute atomic E-state index is 0.705. The number of aromatic nitrogens is 2. The first-order chi connectivity index (χ1) is 14.1.